The molecule has 0 unspecified atom stereocenters. The number of amides is 1. The smallest absolute Gasteiger partial charge is 0.229 e. The van der Waals surface area contributed by atoms with Gasteiger partial charge in [0.1, 0.15) is 0 Å². The standard InChI is InChI=1S/C16H20N2OS/c1-10-8-9-13-14(11(10)2)17-16(20-13)18-15(19)12-6-4-3-5-7-12/h8-9,12H,3-7H2,1-2H3,(H,17,18,19). The van der Waals surface area contributed by atoms with E-state index in [-0.39, 0.29) is 11.8 Å². The molecule has 3 nitrogen and oxygen atoms in total. The number of aromatic nitrogens is 1. The van der Waals surface area contributed by atoms with Crippen LogP contribution in [0.25, 0.3) is 10.2 Å². The lowest BCUT2D eigenvalue weighted by Gasteiger charge is -2.19. The number of fused-ring (bicyclic) bond motifs is 1. The summed E-state index contributed by atoms with van der Waals surface area (Å²) in [5, 5.41) is 3.76. The maximum absolute atomic E-state index is 12.3. The van der Waals surface area contributed by atoms with Gasteiger partial charge >= 0.3 is 0 Å². The Bertz CT molecular complexity index is 641. The van der Waals surface area contributed by atoms with Crippen molar-refractivity contribution >= 4 is 32.6 Å². The lowest BCUT2D eigenvalue weighted by molar-refractivity contribution is -0.120. The van der Waals surface area contributed by atoms with Crippen molar-refractivity contribution in [1.29, 1.82) is 0 Å². The van der Waals surface area contributed by atoms with Gasteiger partial charge in [0, 0.05) is 5.92 Å². The van der Waals surface area contributed by atoms with Gasteiger partial charge in [0.05, 0.1) is 10.2 Å². The molecule has 4 heteroatoms. The quantitative estimate of drug-likeness (QED) is 0.888. The number of hydrogen-bond acceptors (Lipinski definition) is 3. The second-order valence-corrected chi connectivity index (χ2v) is 6.73. The van der Waals surface area contributed by atoms with Crippen molar-refractivity contribution in [3.8, 4) is 0 Å². The Hall–Kier alpha value is -1.42. The Morgan fingerprint density at radius 3 is 2.75 bits per heavy atom. The van der Waals surface area contributed by atoms with Crippen LogP contribution < -0.4 is 5.32 Å². The molecule has 1 aliphatic carbocycles. The van der Waals surface area contributed by atoms with Crippen molar-refractivity contribution in [2.75, 3.05) is 5.32 Å². The number of carbonyl (C=O) groups excluding carboxylic acids is 1. The Labute approximate surface area is 123 Å². The highest BCUT2D eigenvalue weighted by Gasteiger charge is 2.22. The normalized spacial score (nSPS) is 16.5. The van der Waals surface area contributed by atoms with E-state index < -0.39 is 0 Å². The largest absolute Gasteiger partial charge is 0.302 e. The minimum Gasteiger partial charge on any atom is -0.302 e. The molecule has 1 heterocycles. The maximum atomic E-state index is 12.3. The number of nitrogens with zero attached hydrogens (tertiary/aromatic N) is 1. The zero-order valence-corrected chi connectivity index (χ0v) is 12.8. The molecule has 20 heavy (non-hydrogen) atoms. The summed E-state index contributed by atoms with van der Waals surface area (Å²) in [6, 6.07) is 4.20. The van der Waals surface area contributed by atoms with E-state index in [0.717, 1.165) is 28.2 Å². The molecule has 1 aromatic carbocycles. The first kappa shape index (κ1) is 13.6. The minimum absolute atomic E-state index is 0.151. The average molecular weight is 288 g/mol. The molecule has 0 atom stereocenters. The molecular formula is C16H20N2OS. The van der Waals surface area contributed by atoms with Crippen LogP contribution in [0, 0.1) is 19.8 Å². The molecule has 1 aliphatic rings. The Kier molecular flexibility index (Phi) is 3.74. The van der Waals surface area contributed by atoms with Gasteiger partial charge in [0.15, 0.2) is 5.13 Å². The van der Waals surface area contributed by atoms with Gasteiger partial charge in [-0.1, -0.05) is 36.7 Å². The SMILES string of the molecule is Cc1ccc2sc(NC(=O)C3CCCCC3)nc2c1C. The molecule has 0 spiro atoms. The van der Waals surface area contributed by atoms with Gasteiger partial charge < -0.3 is 5.32 Å². The van der Waals surface area contributed by atoms with E-state index >= 15 is 0 Å². The van der Waals surface area contributed by atoms with Crippen molar-refractivity contribution in [3.63, 3.8) is 0 Å². The molecule has 0 radical (unpaired) electrons. The minimum atomic E-state index is 0.151. The summed E-state index contributed by atoms with van der Waals surface area (Å²) in [7, 11) is 0. The molecule has 2 aromatic rings. The van der Waals surface area contributed by atoms with E-state index in [0.29, 0.717) is 0 Å². The van der Waals surface area contributed by atoms with Crippen LogP contribution in [0.3, 0.4) is 0 Å². The number of carbonyl (C=O) groups is 1. The van der Waals surface area contributed by atoms with Crippen molar-refractivity contribution in [2.45, 2.75) is 46.0 Å². The molecule has 1 saturated carbocycles. The van der Waals surface area contributed by atoms with Crippen LogP contribution in [0.5, 0.6) is 0 Å². The van der Waals surface area contributed by atoms with Gasteiger partial charge in [0.2, 0.25) is 5.91 Å². The molecule has 0 saturated heterocycles. The Balaban J connectivity index is 1.80. The fourth-order valence-corrected chi connectivity index (χ4v) is 3.78. The van der Waals surface area contributed by atoms with E-state index in [2.05, 4.69) is 36.3 Å². The van der Waals surface area contributed by atoms with Crippen LogP contribution in [-0.2, 0) is 4.79 Å². The third-order valence-electron chi connectivity index (χ3n) is 4.29. The second kappa shape index (κ2) is 5.52. The molecule has 1 aromatic heterocycles. The van der Waals surface area contributed by atoms with Crippen molar-refractivity contribution in [1.82, 2.24) is 4.98 Å². The van der Waals surface area contributed by atoms with E-state index in [1.54, 1.807) is 11.3 Å². The number of thiazole rings is 1. The number of rotatable bonds is 2. The first-order chi connectivity index (χ1) is 9.65. The Morgan fingerprint density at radius 2 is 2.00 bits per heavy atom. The second-order valence-electron chi connectivity index (χ2n) is 5.70. The number of nitrogens with one attached hydrogen (secondary N) is 1. The summed E-state index contributed by atoms with van der Waals surface area (Å²) in [6.07, 6.45) is 5.67. The third kappa shape index (κ3) is 2.57. The number of aryl methyl sites for hydroxylation is 2. The lowest BCUT2D eigenvalue weighted by Crippen LogP contribution is -2.24. The monoisotopic (exact) mass is 288 g/mol. The lowest BCUT2D eigenvalue weighted by atomic mass is 9.89. The van der Waals surface area contributed by atoms with Crippen LogP contribution in [-0.4, -0.2) is 10.9 Å². The summed E-state index contributed by atoms with van der Waals surface area (Å²) in [5.41, 5.74) is 3.47. The van der Waals surface area contributed by atoms with E-state index in [1.165, 1.54) is 30.4 Å². The molecule has 1 N–H and O–H groups in total. The topological polar surface area (TPSA) is 42.0 Å². The first-order valence-electron chi connectivity index (χ1n) is 7.33. The highest BCUT2D eigenvalue weighted by Crippen LogP contribution is 2.31. The Morgan fingerprint density at radius 1 is 1.25 bits per heavy atom. The van der Waals surface area contributed by atoms with E-state index in [4.69, 9.17) is 0 Å². The van der Waals surface area contributed by atoms with Crippen molar-refractivity contribution in [3.05, 3.63) is 23.3 Å². The number of hydrogen-bond donors (Lipinski definition) is 1. The van der Waals surface area contributed by atoms with Crippen LogP contribution in [0.1, 0.15) is 43.2 Å². The van der Waals surface area contributed by atoms with Gasteiger partial charge in [-0.3, -0.25) is 4.79 Å². The summed E-state index contributed by atoms with van der Waals surface area (Å²) in [4.78, 5) is 16.8. The fraction of sp³-hybridized carbons (Fsp3) is 0.500. The predicted molar refractivity (Wildman–Crippen MR) is 84.3 cm³/mol. The van der Waals surface area contributed by atoms with Gasteiger partial charge in [-0.25, -0.2) is 4.98 Å². The number of anilines is 1. The summed E-state index contributed by atoms with van der Waals surface area (Å²) < 4.78 is 1.15. The predicted octanol–water partition coefficient (Wildman–Crippen LogP) is 4.43. The molecule has 106 valence electrons. The van der Waals surface area contributed by atoms with Gasteiger partial charge in [-0.15, -0.1) is 0 Å². The van der Waals surface area contributed by atoms with Crippen LogP contribution in [0.15, 0.2) is 12.1 Å². The summed E-state index contributed by atoms with van der Waals surface area (Å²) >= 11 is 1.57. The van der Waals surface area contributed by atoms with Crippen LogP contribution >= 0.6 is 11.3 Å². The van der Waals surface area contributed by atoms with Gasteiger partial charge in [-0.05, 0) is 43.9 Å². The molecule has 1 fully saturated rings. The van der Waals surface area contributed by atoms with E-state index in [9.17, 15) is 4.79 Å². The zero-order chi connectivity index (χ0) is 14.1. The van der Waals surface area contributed by atoms with Crippen molar-refractivity contribution in [2.24, 2.45) is 5.92 Å². The number of benzene rings is 1. The average Bonchev–Trinajstić information content (AvgIpc) is 2.87. The van der Waals surface area contributed by atoms with Crippen LogP contribution in [0.2, 0.25) is 0 Å². The highest BCUT2D eigenvalue weighted by molar-refractivity contribution is 7.22. The maximum Gasteiger partial charge on any atom is 0.229 e. The highest BCUT2D eigenvalue weighted by atomic mass is 32.1. The van der Waals surface area contributed by atoms with Gasteiger partial charge in [0.25, 0.3) is 0 Å². The van der Waals surface area contributed by atoms with Gasteiger partial charge in [-0.2, -0.15) is 0 Å². The molecule has 0 bridgehead atoms. The van der Waals surface area contributed by atoms with Crippen LogP contribution in [0.4, 0.5) is 5.13 Å². The molecule has 1 amide bonds. The zero-order valence-electron chi connectivity index (χ0n) is 12.0. The molecule has 3 rings (SSSR count). The summed E-state index contributed by atoms with van der Waals surface area (Å²) in [6.45, 7) is 4.18. The fourth-order valence-electron chi connectivity index (χ4n) is 2.85. The van der Waals surface area contributed by atoms with E-state index in [1.807, 2.05) is 0 Å². The third-order valence-corrected chi connectivity index (χ3v) is 5.23. The van der Waals surface area contributed by atoms with Crippen molar-refractivity contribution < 1.29 is 4.79 Å². The first-order valence-corrected chi connectivity index (χ1v) is 8.14. The molecular weight excluding hydrogens is 268 g/mol. The molecule has 0 aliphatic heterocycles. The summed E-state index contributed by atoms with van der Waals surface area (Å²) in [5.74, 6) is 0.330.